The number of benzene rings is 1. The van der Waals surface area contributed by atoms with E-state index in [1.54, 1.807) is 23.5 Å². The Morgan fingerprint density at radius 2 is 1.89 bits per heavy atom. The average Bonchev–Trinajstić information content (AvgIpc) is 3.59. The lowest BCUT2D eigenvalue weighted by molar-refractivity contribution is -0.135. The highest BCUT2D eigenvalue weighted by Gasteiger charge is 2.27. The standard InChI is InChI=1S/C25H28F3N5O2S/c26-25(27,28)12-2-1-3-13-35-17-8-6-15(7-9-17)19-14-18(21-11-10-20(36-21)16-4-5-16)22(24(34)31-19)23(32-29)33-30/h6-11,14,16H,1-5,12-13,29-30H2,(H,31,34)(H,32,33). The average molecular weight is 520 g/mol. The van der Waals surface area contributed by atoms with E-state index in [1.165, 1.54) is 17.7 Å². The van der Waals surface area contributed by atoms with Crippen LogP contribution in [0.1, 0.15) is 54.9 Å². The minimum absolute atomic E-state index is 0.0816. The number of hydrogen-bond acceptors (Lipinski definition) is 6. The predicted octanol–water partition coefficient (Wildman–Crippen LogP) is 5.23. The molecule has 0 amide bonds. The van der Waals surface area contributed by atoms with Crippen LogP contribution in [0.25, 0.3) is 21.7 Å². The number of nitrogens with zero attached hydrogens (tertiary/aromatic N) is 1. The molecule has 1 fully saturated rings. The van der Waals surface area contributed by atoms with Gasteiger partial charge in [0.2, 0.25) is 0 Å². The Morgan fingerprint density at radius 1 is 1.14 bits per heavy atom. The minimum Gasteiger partial charge on any atom is -0.494 e. The van der Waals surface area contributed by atoms with Gasteiger partial charge in [0.25, 0.3) is 5.56 Å². The highest BCUT2D eigenvalue weighted by Crippen LogP contribution is 2.45. The summed E-state index contributed by atoms with van der Waals surface area (Å²) < 4.78 is 42.3. The van der Waals surface area contributed by atoms with Crippen molar-refractivity contribution in [1.82, 2.24) is 10.4 Å². The molecule has 4 rings (SSSR count). The SMILES string of the molecule is N/N=C(\NN)c1c(-c2ccc(C3CC3)s2)cc(-c2ccc(OCCCCCC(F)(F)F)cc2)[nH]c1=O. The van der Waals surface area contributed by atoms with E-state index in [9.17, 15) is 18.0 Å². The normalized spacial score (nSPS) is 14.2. The lowest BCUT2D eigenvalue weighted by atomic mass is 10.0. The second-order valence-corrected chi connectivity index (χ2v) is 9.81. The van der Waals surface area contributed by atoms with Gasteiger partial charge in [-0.05, 0) is 86.1 Å². The van der Waals surface area contributed by atoms with Gasteiger partial charge in [-0.25, -0.2) is 5.84 Å². The maximum absolute atomic E-state index is 13.1. The molecular weight excluding hydrogens is 491 g/mol. The zero-order valence-corrected chi connectivity index (χ0v) is 20.3. The second kappa shape index (κ2) is 11.2. The number of thiophene rings is 1. The quantitative estimate of drug-likeness (QED) is 0.0961. The highest BCUT2D eigenvalue weighted by atomic mass is 32.1. The third-order valence-corrected chi connectivity index (χ3v) is 7.23. The van der Waals surface area contributed by atoms with Crippen LogP contribution in [0.5, 0.6) is 5.75 Å². The van der Waals surface area contributed by atoms with Crippen molar-refractivity contribution < 1.29 is 17.9 Å². The molecule has 0 saturated heterocycles. The number of pyridine rings is 1. The van der Waals surface area contributed by atoms with Crippen LogP contribution in [0.15, 0.2) is 52.4 Å². The van der Waals surface area contributed by atoms with Crippen LogP contribution in [0, 0.1) is 0 Å². The molecule has 1 aromatic carbocycles. The molecule has 192 valence electrons. The monoisotopic (exact) mass is 519 g/mol. The molecule has 6 N–H and O–H groups in total. The number of aromatic nitrogens is 1. The Balaban J connectivity index is 1.51. The third-order valence-electron chi connectivity index (χ3n) is 5.95. The van der Waals surface area contributed by atoms with Gasteiger partial charge in [0.05, 0.1) is 12.2 Å². The molecule has 1 aliphatic rings. The first-order chi connectivity index (χ1) is 17.3. The molecule has 0 spiro atoms. The van der Waals surface area contributed by atoms with Gasteiger partial charge in [0, 0.05) is 27.4 Å². The van der Waals surface area contributed by atoms with E-state index in [-0.39, 0.29) is 23.4 Å². The number of aromatic amines is 1. The summed E-state index contributed by atoms with van der Waals surface area (Å²) in [5.74, 6) is 12.3. The van der Waals surface area contributed by atoms with E-state index >= 15 is 0 Å². The van der Waals surface area contributed by atoms with Crippen LogP contribution in [-0.2, 0) is 0 Å². The van der Waals surface area contributed by atoms with E-state index in [2.05, 4.69) is 21.6 Å². The number of amidine groups is 1. The summed E-state index contributed by atoms with van der Waals surface area (Å²) in [5, 5.41) is 3.64. The molecule has 0 atom stereocenters. The number of ether oxygens (including phenoxy) is 1. The molecule has 11 heteroatoms. The summed E-state index contributed by atoms with van der Waals surface area (Å²) >= 11 is 1.64. The summed E-state index contributed by atoms with van der Waals surface area (Å²) in [6, 6.07) is 13.1. The van der Waals surface area contributed by atoms with Gasteiger partial charge in [-0.3, -0.25) is 4.79 Å². The van der Waals surface area contributed by atoms with Gasteiger partial charge in [-0.1, -0.05) is 0 Å². The predicted molar refractivity (Wildman–Crippen MR) is 136 cm³/mol. The first-order valence-electron chi connectivity index (χ1n) is 11.7. The topological polar surface area (TPSA) is 119 Å². The number of hydrazine groups is 1. The first kappa shape index (κ1) is 25.8. The number of nitrogens with one attached hydrogen (secondary N) is 2. The maximum Gasteiger partial charge on any atom is 0.389 e. The lowest BCUT2D eigenvalue weighted by Gasteiger charge is -2.12. The Hall–Kier alpha value is -3.31. The van der Waals surface area contributed by atoms with Crippen LogP contribution in [-0.4, -0.2) is 23.6 Å². The fraction of sp³-hybridized carbons (Fsp3) is 0.360. The summed E-state index contributed by atoms with van der Waals surface area (Å²) in [7, 11) is 0. The van der Waals surface area contributed by atoms with Crippen molar-refractivity contribution >= 4 is 17.2 Å². The summed E-state index contributed by atoms with van der Waals surface area (Å²) in [5.41, 5.74) is 4.33. The summed E-state index contributed by atoms with van der Waals surface area (Å²) in [6.45, 7) is 0.335. The van der Waals surface area contributed by atoms with E-state index in [4.69, 9.17) is 16.4 Å². The van der Waals surface area contributed by atoms with E-state index in [0.717, 1.165) is 10.4 Å². The molecular formula is C25H28F3N5O2S. The second-order valence-electron chi connectivity index (χ2n) is 8.70. The Morgan fingerprint density at radius 3 is 2.53 bits per heavy atom. The fourth-order valence-corrected chi connectivity index (χ4v) is 5.13. The van der Waals surface area contributed by atoms with Crippen molar-refractivity contribution in [3.05, 3.63) is 63.3 Å². The number of halogens is 3. The number of hydrazone groups is 1. The van der Waals surface area contributed by atoms with Gasteiger partial charge >= 0.3 is 6.18 Å². The Kier molecular flexibility index (Phi) is 8.00. The minimum atomic E-state index is -4.11. The van der Waals surface area contributed by atoms with Crippen LogP contribution >= 0.6 is 11.3 Å². The highest BCUT2D eigenvalue weighted by molar-refractivity contribution is 7.15. The van der Waals surface area contributed by atoms with Crippen molar-refractivity contribution in [1.29, 1.82) is 0 Å². The molecule has 7 nitrogen and oxygen atoms in total. The van der Waals surface area contributed by atoms with Crippen LogP contribution in [0.4, 0.5) is 13.2 Å². The molecule has 2 aromatic heterocycles. The van der Waals surface area contributed by atoms with E-state index < -0.39 is 12.6 Å². The van der Waals surface area contributed by atoms with Crippen molar-refractivity contribution in [2.45, 2.75) is 50.6 Å². The summed E-state index contributed by atoms with van der Waals surface area (Å²) in [4.78, 5) is 18.2. The third kappa shape index (κ3) is 6.46. The van der Waals surface area contributed by atoms with E-state index in [0.29, 0.717) is 42.4 Å². The van der Waals surface area contributed by atoms with Crippen molar-refractivity contribution in [2.75, 3.05) is 6.61 Å². The van der Waals surface area contributed by atoms with Crippen molar-refractivity contribution in [2.24, 2.45) is 16.8 Å². The van der Waals surface area contributed by atoms with Gasteiger partial charge in [-0.2, -0.15) is 18.3 Å². The zero-order chi connectivity index (χ0) is 25.7. The number of unbranched alkanes of at least 4 members (excludes halogenated alkanes) is 2. The van der Waals surface area contributed by atoms with Gasteiger partial charge in [0.15, 0.2) is 5.84 Å². The number of hydrogen-bond donors (Lipinski definition) is 4. The molecule has 3 aromatic rings. The zero-order valence-electron chi connectivity index (χ0n) is 19.5. The van der Waals surface area contributed by atoms with Crippen LogP contribution < -0.4 is 27.4 Å². The lowest BCUT2D eigenvalue weighted by Crippen LogP contribution is -2.36. The fourth-order valence-electron chi connectivity index (χ4n) is 3.93. The number of nitrogens with two attached hydrogens (primary N) is 2. The van der Waals surface area contributed by atoms with Gasteiger partial charge in [-0.15, -0.1) is 11.3 Å². The molecule has 0 radical (unpaired) electrons. The van der Waals surface area contributed by atoms with Gasteiger partial charge in [0.1, 0.15) is 5.75 Å². The molecule has 2 heterocycles. The smallest absolute Gasteiger partial charge is 0.389 e. The number of alkyl halides is 3. The summed E-state index contributed by atoms with van der Waals surface area (Å²) in [6.07, 6.45) is -1.44. The Labute approximate surface area is 210 Å². The molecule has 1 aliphatic carbocycles. The molecule has 0 aliphatic heterocycles. The first-order valence-corrected chi connectivity index (χ1v) is 12.5. The molecule has 0 bridgehead atoms. The maximum atomic E-state index is 13.1. The Bertz CT molecular complexity index is 1260. The van der Waals surface area contributed by atoms with Crippen molar-refractivity contribution in [3.63, 3.8) is 0 Å². The largest absolute Gasteiger partial charge is 0.494 e. The van der Waals surface area contributed by atoms with Crippen molar-refractivity contribution in [3.8, 4) is 27.4 Å². The molecule has 1 saturated carbocycles. The number of rotatable bonds is 10. The molecule has 36 heavy (non-hydrogen) atoms. The van der Waals surface area contributed by atoms with Crippen LogP contribution in [0.3, 0.4) is 0 Å². The van der Waals surface area contributed by atoms with E-state index in [1.807, 2.05) is 24.3 Å². The number of H-pyrrole nitrogens is 1. The molecule has 0 unspecified atom stereocenters. The van der Waals surface area contributed by atoms with Crippen LogP contribution in [0.2, 0.25) is 0 Å². The van der Waals surface area contributed by atoms with Gasteiger partial charge < -0.3 is 21.0 Å².